The summed E-state index contributed by atoms with van der Waals surface area (Å²) in [5.41, 5.74) is 1.24. The Hall–Kier alpha value is -1.58. The van der Waals surface area contributed by atoms with Crippen LogP contribution in [0.25, 0.3) is 0 Å². The minimum atomic E-state index is -1.03. The average molecular weight is 560 g/mol. The lowest BCUT2D eigenvalue weighted by molar-refractivity contribution is -0.305. The molecule has 0 saturated carbocycles. The SMILES string of the molecule is CCCCCCCC/C=C\CCCCCCCCNC(=CCCCCCCCCCCC)CC=[N+]CCC(=O)[O-]. The van der Waals surface area contributed by atoms with Gasteiger partial charge in [-0.2, -0.15) is 0 Å². The van der Waals surface area contributed by atoms with Crippen LogP contribution >= 0.6 is 0 Å². The molecule has 0 fully saturated rings. The first kappa shape index (κ1) is 38.4. The minimum absolute atomic E-state index is 0.00307. The highest BCUT2D eigenvalue weighted by atomic mass is 16.4. The molecular weight excluding hydrogens is 492 g/mol. The zero-order valence-electron chi connectivity index (χ0n) is 26.9. The number of carbonyl (C=O) groups excluding carboxylic acids is 1. The predicted molar refractivity (Wildman–Crippen MR) is 175 cm³/mol. The van der Waals surface area contributed by atoms with Crippen molar-refractivity contribution in [1.29, 1.82) is 0 Å². The molecule has 1 radical (unpaired) electrons. The number of nitrogens with zero attached hydrogens (tertiary/aromatic N) is 1. The number of hydrogen-bond acceptors (Lipinski definition) is 4. The van der Waals surface area contributed by atoms with Gasteiger partial charge >= 0.3 is 0 Å². The molecule has 0 aromatic carbocycles. The minimum Gasteiger partial charge on any atom is -0.550 e. The van der Waals surface area contributed by atoms with E-state index in [1.807, 2.05) is 6.21 Å². The second kappa shape index (κ2) is 33.6. The molecule has 0 rings (SSSR count). The highest BCUT2D eigenvalue weighted by molar-refractivity contribution is 5.65. The molecule has 0 bridgehead atoms. The van der Waals surface area contributed by atoms with E-state index in [-0.39, 0.29) is 6.42 Å². The van der Waals surface area contributed by atoms with Crippen molar-refractivity contribution in [3.8, 4) is 0 Å². The van der Waals surface area contributed by atoms with Crippen LogP contribution < -0.4 is 15.4 Å². The van der Waals surface area contributed by atoms with Gasteiger partial charge in [-0.1, -0.05) is 141 Å². The van der Waals surface area contributed by atoms with Gasteiger partial charge < -0.3 is 15.2 Å². The quantitative estimate of drug-likeness (QED) is 0.0507. The number of aliphatic carboxylic acids is 1. The van der Waals surface area contributed by atoms with E-state index in [2.05, 4.69) is 42.4 Å². The Morgan fingerprint density at radius 3 is 1.57 bits per heavy atom. The van der Waals surface area contributed by atoms with Crippen molar-refractivity contribution in [2.24, 2.45) is 0 Å². The summed E-state index contributed by atoms with van der Waals surface area (Å²) in [6.07, 6.45) is 41.7. The number of nitrogens with one attached hydrogen (secondary N) is 1. The molecule has 0 atom stereocenters. The summed E-state index contributed by atoms with van der Waals surface area (Å²) < 4.78 is 0. The van der Waals surface area contributed by atoms with Crippen LogP contribution in [0.5, 0.6) is 0 Å². The lowest BCUT2D eigenvalue weighted by atomic mass is 10.1. The Kier molecular flexibility index (Phi) is 32.3. The van der Waals surface area contributed by atoms with E-state index in [0.717, 1.165) is 19.4 Å². The van der Waals surface area contributed by atoms with Crippen molar-refractivity contribution in [3.05, 3.63) is 23.9 Å². The van der Waals surface area contributed by atoms with Crippen molar-refractivity contribution < 1.29 is 9.90 Å². The van der Waals surface area contributed by atoms with Crippen LogP contribution in [0.15, 0.2) is 23.9 Å². The molecule has 0 amide bonds. The van der Waals surface area contributed by atoms with E-state index in [1.54, 1.807) is 0 Å². The number of unbranched alkanes of at least 4 members (excludes halogenated alkanes) is 21. The topological polar surface area (TPSA) is 66.3 Å². The Morgan fingerprint density at radius 2 is 1.07 bits per heavy atom. The van der Waals surface area contributed by atoms with Gasteiger partial charge in [0.2, 0.25) is 12.8 Å². The molecule has 0 aliphatic carbocycles. The highest BCUT2D eigenvalue weighted by Gasteiger charge is 2.01. The van der Waals surface area contributed by atoms with E-state index >= 15 is 0 Å². The number of hydrogen-bond donors (Lipinski definition) is 1. The number of rotatable bonds is 32. The highest BCUT2D eigenvalue weighted by Crippen LogP contribution is 2.12. The van der Waals surface area contributed by atoms with Gasteiger partial charge in [-0.05, 0) is 44.9 Å². The second-order valence-corrected chi connectivity index (χ2v) is 11.6. The average Bonchev–Trinajstić information content (AvgIpc) is 2.94. The van der Waals surface area contributed by atoms with Crippen molar-refractivity contribution in [2.45, 2.75) is 181 Å². The lowest BCUT2D eigenvalue weighted by Crippen LogP contribution is -2.24. The number of carboxylic acid groups (broad SMARTS) is 1. The standard InChI is InChI=1S/C36H68N2O2/c1-3-5-7-9-11-13-15-16-17-18-19-20-22-24-26-28-32-38-35(30-33-37-34-31-36(39)40)29-27-25-23-21-14-12-10-8-6-4-2/h16-17,29,33,38H,3-15,18-28,30-32,34H2,1-2H3,(H,39,40)/q+1/p-1/b17-16-,35-29?,37-33?. The fourth-order valence-corrected chi connectivity index (χ4v) is 4.99. The Morgan fingerprint density at radius 1 is 0.625 bits per heavy atom. The summed E-state index contributed by atoms with van der Waals surface area (Å²) in [6, 6.07) is 0. The van der Waals surface area contributed by atoms with Crippen LogP contribution in [-0.2, 0) is 4.79 Å². The number of aliphatic imine (C=N–C) groups is 1. The zero-order chi connectivity index (χ0) is 29.2. The molecular formula is C36H67N2O2. The van der Waals surface area contributed by atoms with E-state index in [1.165, 1.54) is 153 Å². The molecule has 0 aromatic rings. The molecule has 0 unspecified atom stereocenters. The number of carboxylic acids is 1. The molecule has 4 heteroatoms. The van der Waals surface area contributed by atoms with Gasteiger partial charge in [0.05, 0.1) is 12.8 Å². The molecule has 1 N–H and O–H groups in total. The fourth-order valence-electron chi connectivity index (χ4n) is 4.99. The largest absolute Gasteiger partial charge is 0.550 e. The van der Waals surface area contributed by atoms with Crippen molar-refractivity contribution in [1.82, 2.24) is 10.3 Å². The number of carbonyl (C=O) groups is 1. The van der Waals surface area contributed by atoms with E-state index < -0.39 is 5.97 Å². The van der Waals surface area contributed by atoms with Crippen molar-refractivity contribution in [2.75, 3.05) is 13.1 Å². The Labute approximate surface area is 250 Å². The molecule has 4 nitrogen and oxygen atoms in total. The summed E-state index contributed by atoms with van der Waals surface area (Å²) in [4.78, 5) is 14.8. The molecule has 233 valence electrons. The molecule has 0 aromatic heterocycles. The van der Waals surface area contributed by atoms with E-state index in [4.69, 9.17) is 0 Å². The van der Waals surface area contributed by atoms with Crippen LogP contribution in [0.4, 0.5) is 0 Å². The van der Waals surface area contributed by atoms with Crippen molar-refractivity contribution >= 4 is 12.2 Å². The predicted octanol–water partition coefficient (Wildman–Crippen LogP) is 9.36. The van der Waals surface area contributed by atoms with Gasteiger partial charge in [-0.25, -0.2) is 0 Å². The normalized spacial score (nSPS) is 12.2. The molecule has 0 spiro atoms. The maximum atomic E-state index is 10.6. The van der Waals surface area contributed by atoms with E-state index in [9.17, 15) is 9.90 Å². The first-order valence-electron chi connectivity index (χ1n) is 17.5. The van der Waals surface area contributed by atoms with E-state index in [0.29, 0.717) is 6.54 Å². The third-order valence-corrected chi connectivity index (χ3v) is 7.62. The maximum Gasteiger partial charge on any atom is 0.217 e. The van der Waals surface area contributed by atoms with Crippen LogP contribution in [-0.4, -0.2) is 25.3 Å². The van der Waals surface area contributed by atoms with Gasteiger partial charge in [-0.15, -0.1) is 0 Å². The Balaban J connectivity index is 3.90. The van der Waals surface area contributed by atoms with Gasteiger partial charge in [0, 0.05) is 23.2 Å². The maximum absolute atomic E-state index is 10.6. The zero-order valence-corrected chi connectivity index (χ0v) is 26.9. The molecule has 0 aliphatic heterocycles. The van der Waals surface area contributed by atoms with Gasteiger partial charge in [0.1, 0.15) is 0 Å². The third kappa shape index (κ3) is 32.6. The van der Waals surface area contributed by atoms with Crippen LogP contribution in [0.3, 0.4) is 0 Å². The lowest BCUT2D eigenvalue weighted by Gasteiger charge is -2.09. The fraction of sp³-hybridized carbons (Fsp3) is 0.833. The summed E-state index contributed by atoms with van der Waals surface area (Å²) in [6.45, 7) is 5.87. The number of allylic oxidation sites excluding steroid dienone is 4. The summed E-state index contributed by atoms with van der Waals surface area (Å²) in [7, 11) is 0. The third-order valence-electron chi connectivity index (χ3n) is 7.62. The summed E-state index contributed by atoms with van der Waals surface area (Å²) in [5.74, 6) is -1.03. The van der Waals surface area contributed by atoms with Crippen LogP contribution in [0.2, 0.25) is 0 Å². The monoisotopic (exact) mass is 560 g/mol. The van der Waals surface area contributed by atoms with Crippen LogP contribution in [0, 0.1) is 0 Å². The van der Waals surface area contributed by atoms with Gasteiger partial charge in [0.15, 0.2) is 0 Å². The first-order chi connectivity index (χ1) is 19.7. The smallest absolute Gasteiger partial charge is 0.217 e. The molecule has 40 heavy (non-hydrogen) atoms. The second-order valence-electron chi connectivity index (χ2n) is 11.6. The molecule has 0 heterocycles. The Bertz CT molecular complexity index is 612. The van der Waals surface area contributed by atoms with Gasteiger partial charge in [-0.3, -0.25) is 0 Å². The summed E-state index contributed by atoms with van der Waals surface area (Å²) >= 11 is 0. The molecule has 0 aliphatic rings. The molecule has 0 saturated heterocycles. The van der Waals surface area contributed by atoms with Crippen molar-refractivity contribution in [3.63, 3.8) is 0 Å². The van der Waals surface area contributed by atoms with Gasteiger partial charge in [0.25, 0.3) is 0 Å². The summed E-state index contributed by atoms with van der Waals surface area (Å²) in [5, 5.41) is 14.2. The first-order valence-corrected chi connectivity index (χ1v) is 17.5. The van der Waals surface area contributed by atoms with Crippen LogP contribution in [0.1, 0.15) is 181 Å².